The molecule has 1 saturated carbocycles. The summed E-state index contributed by atoms with van der Waals surface area (Å²) in [5.41, 5.74) is 1.95. The minimum Gasteiger partial charge on any atom is -0.467 e. The van der Waals surface area contributed by atoms with Gasteiger partial charge in [-0.05, 0) is 42.7 Å². The van der Waals surface area contributed by atoms with Gasteiger partial charge in [0.1, 0.15) is 5.76 Å². The van der Waals surface area contributed by atoms with Gasteiger partial charge in [0.05, 0.1) is 12.8 Å². The van der Waals surface area contributed by atoms with Crippen molar-refractivity contribution in [2.75, 3.05) is 0 Å². The van der Waals surface area contributed by atoms with E-state index in [0.29, 0.717) is 6.54 Å². The summed E-state index contributed by atoms with van der Waals surface area (Å²) in [5, 5.41) is 3.69. The van der Waals surface area contributed by atoms with E-state index < -0.39 is 0 Å². The third-order valence-electron chi connectivity index (χ3n) is 4.23. The maximum Gasteiger partial charge on any atom is 0.251 e. The number of nitrogens with one attached hydrogen (secondary N) is 1. The molecule has 0 radical (unpaired) electrons. The van der Waals surface area contributed by atoms with Crippen molar-refractivity contribution in [1.82, 2.24) is 5.32 Å². The highest BCUT2D eigenvalue weighted by atomic mass is 32.2. The molecule has 0 unspecified atom stereocenters. The Morgan fingerprint density at radius 1 is 1.17 bits per heavy atom. The Balaban J connectivity index is 1.52. The fourth-order valence-electron chi connectivity index (χ4n) is 2.93. The van der Waals surface area contributed by atoms with Crippen molar-refractivity contribution in [1.29, 1.82) is 0 Å². The second kappa shape index (κ2) is 8.25. The molecule has 0 aliphatic heterocycles. The van der Waals surface area contributed by atoms with E-state index in [-0.39, 0.29) is 5.91 Å². The summed E-state index contributed by atoms with van der Waals surface area (Å²) in [6, 6.07) is 11.6. The van der Waals surface area contributed by atoms with Crippen molar-refractivity contribution < 1.29 is 9.21 Å². The highest BCUT2D eigenvalue weighted by Crippen LogP contribution is 2.30. The Bertz CT molecular complexity index is 618. The van der Waals surface area contributed by atoms with Gasteiger partial charge in [-0.15, -0.1) is 0 Å². The topological polar surface area (TPSA) is 42.2 Å². The van der Waals surface area contributed by atoms with Crippen molar-refractivity contribution in [2.24, 2.45) is 0 Å². The van der Waals surface area contributed by atoms with Crippen molar-refractivity contribution >= 4 is 17.7 Å². The van der Waals surface area contributed by atoms with E-state index in [4.69, 9.17) is 4.42 Å². The summed E-state index contributed by atoms with van der Waals surface area (Å²) in [6.45, 7) is 0.423. The lowest BCUT2D eigenvalue weighted by Crippen LogP contribution is -2.22. The zero-order valence-corrected chi connectivity index (χ0v) is 14.1. The van der Waals surface area contributed by atoms with Gasteiger partial charge < -0.3 is 9.73 Å². The van der Waals surface area contributed by atoms with Crippen LogP contribution in [-0.2, 0) is 12.3 Å². The first kappa shape index (κ1) is 16.2. The van der Waals surface area contributed by atoms with Gasteiger partial charge in [-0.2, -0.15) is 11.8 Å². The third-order valence-corrected chi connectivity index (χ3v) is 5.67. The molecule has 1 heterocycles. The normalized spacial score (nSPS) is 15.5. The monoisotopic (exact) mass is 329 g/mol. The largest absolute Gasteiger partial charge is 0.467 e. The van der Waals surface area contributed by atoms with E-state index in [1.165, 1.54) is 37.7 Å². The maximum atomic E-state index is 12.2. The van der Waals surface area contributed by atoms with Crippen LogP contribution in [0, 0.1) is 0 Å². The van der Waals surface area contributed by atoms with Crippen LogP contribution in [0.1, 0.15) is 53.8 Å². The molecule has 1 aliphatic carbocycles. The molecule has 1 N–H and O–H groups in total. The van der Waals surface area contributed by atoms with Crippen LogP contribution in [-0.4, -0.2) is 11.2 Å². The first-order valence-corrected chi connectivity index (χ1v) is 9.37. The summed E-state index contributed by atoms with van der Waals surface area (Å²) < 4.78 is 5.23. The lowest BCUT2D eigenvalue weighted by Gasteiger charge is -2.21. The summed E-state index contributed by atoms with van der Waals surface area (Å²) >= 11 is 2.04. The second-order valence-corrected chi connectivity index (χ2v) is 7.32. The molecular weight excluding hydrogens is 306 g/mol. The average molecular weight is 329 g/mol. The summed E-state index contributed by atoms with van der Waals surface area (Å²) in [6.07, 6.45) is 8.43. The lowest BCUT2D eigenvalue weighted by molar-refractivity contribution is 0.0948. The number of carbonyl (C=O) groups excluding carboxylic acids is 1. The van der Waals surface area contributed by atoms with E-state index in [9.17, 15) is 4.79 Å². The van der Waals surface area contributed by atoms with E-state index in [0.717, 1.165) is 22.3 Å². The van der Waals surface area contributed by atoms with Crippen molar-refractivity contribution in [3.8, 4) is 0 Å². The molecule has 23 heavy (non-hydrogen) atoms. The van der Waals surface area contributed by atoms with Crippen LogP contribution in [0.25, 0.3) is 0 Å². The van der Waals surface area contributed by atoms with E-state index in [2.05, 4.69) is 11.4 Å². The number of amides is 1. The standard InChI is InChI=1S/C19H23NO2S/c21-19(20-13-17-8-5-11-22-17)16-7-4-6-15(12-16)14-23-18-9-2-1-3-10-18/h4-8,11-12,18H,1-3,9-10,13-14H2,(H,20,21). The van der Waals surface area contributed by atoms with Crippen LogP contribution < -0.4 is 5.32 Å². The fourth-order valence-corrected chi connectivity index (χ4v) is 4.21. The molecule has 3 nitrogen and oxygen atoms in total. The number of furan rings is 1. The molecule has 1 fully saturated rings. The van der Waals surface area contributed by atoms with Crippen molar-refractivity contribution in [3.05, 3.63) is 59.5 Å². The molecule has 2 aromatic rings. The Morgan fingerprint density at radius 3 is 2.83 bits per heavy atom. The lowest BCUT2D eigenvalue weighted by atomic mass is 10.0. The van der Waals surface area contributed by atoms with Gasteiger partial charge in [-0.3, -0.25) is 4.79 Å². The van der Waals surface area contributed by atoms with Crippen LogP contribution >= 0.6 is 11.8 Å². The van der Waals surface area contributed by atoms with E-state index in [1.54, 1.807) is 6.26 Å². The molecular formula is C19H23NO2S. The number of thioether (sulfide) groups is 1. The Labute approximate surface area is 141 Å². The van der Waals surface area contributed by atoms with Crippen LogP contribution in [0.2, 0.25) is 0 Å². The van der Waals surface area contributed by atoms with E-state index in [1.807, 2.05) is 42.1 Å². The first-order chi connectivity index (χ1) is 11.3. The van der Waals surface area contributed by atoms with Crippen LogP contribution in [0.4, 0.5) is 0 Å². The molecule has 1 amide bonds. The zero-order valence-electron chi connectivity index (χ0n) is 13.3. The number of benzene rings is 1. The minimum absolute atomic E-state index is 0.0501. The van der Waals surface area contributed by atoms with E-state index >= 15 is 0 Å². The molecule has 1 aromatic carbocycles. The summed E-state index contributed by atoms with van der Waals surface area (Å²) in [5.74, 6) is 1.71. The van der Waals surface area contributed by atoms with Crippen LogP contribution in [0.5, 0.6) is 0 Å². The first-order valence-electron chi connectivity index (χ1n) is 8.32. The smallest absolute Gasteiger partial charge is 0.251 e. The SMILES string of the molecule is O=C(NCc1ccco1)c1cccc(CSC2CCCCC2)c1. The number of carbonyl (C=O) groups is 1. The average Bonchev–Trinajstić information content (AvgIpc) is 3.12. The highest BCUT2D eigenvalue weighted by Gasteiger charge is 2.14. The molecule has 4 heteroatoms. The molecule has 1 aromatic heterocycles. The fraction of sp³-hybridized carbons (Fsp3) is 0.421. The van der Waals surface area contributed by atoms with Gasteiger partial charge in [0.2, 0.25) is 0 Å². The zero-order chi connectivity index (χ0) is 15.9. The predicted molar refractivity (Wildman–Crippen MR) is 94.5 cm³/mol. The number of hydrogen-bond donors (Lipinski definition) is 1. The number of hydrogen-bond acceptors (Lipinski definition) is 3. The summed E-state index contributed by atoms with van der Waals surface area (Å²) in [7, 11) is 0. The minimum atomic E-state index is -0.0501. The van der Waals surface area contributed by atoms with Crippen LogP contribution in [0.15, 0.2) is 47.1 Å². The molecule has 1 aliphatic rings. The third kappa shape index (κ3) is 4.90. The highest BCUT2D eigenvalue weighted by molar-refractivity contribution is 7.99. The van der Waals surface area contributed by atoms with Gasteiger partial charge in [0, 0.05) is 16.6 Å². The van der Waals surface area contributed by atoms with Gasteiger partial charge in [0.25, 0.3) is 5.91 Å². The Hall–Kier alpha value is -1.68. The van der Waals surface area contributed by atoms with Crippen molar-refractivity contribution in [2.45, 2.75) is 49.7 Å². The molecule has 0 spiro atoms. The second-order valence-electron chi connectivity index (χ2n) is 6.03. The van der Waals surface area contributed by atoms with Crippen LogP contribution in [0.3, 0.4) is 0 Å². The molecule has 0 bridgehead atoms. The molecule has 3 rings (SSSR count). The molecule has 0 saturated heterocycles. The molecule has 0 atom stereocenters. The van der Waals surface area contributed by atoms with Gasteiger partial charge >= 0.3 is 0 Å². The van der Waals surface area contributed by atoms with Gasteiger partial charge in [0.15, 0.2) is 0 Å². The summed E-state index contributed by atoms with van der Waals surface area (Å²) in [4.78, 5) is 12.2. The Morgan fingerprint density at radius 2 is 2.04 bits per heavy atom. The number of rotatable bonds is 6. The Kier molecular flexibility index (Phi) is 5.81. The maximum absolute atomic E-state index is 12.2. The molecule has 122 valence electrons. The quantitative estimate of drug-likeness (QED) is 0.829. The predicted octanol–water partition coefficient (Wildman–Crippen LogP) is 4.78. The van der Waals surface area contributed by atoms with Gasteiger partial charge in [-0.1, -0.05) is 31.4 Å². The van der Waals surface area contributed by atoms with Crippen molar-refractivity contribution in [3.63, 3.8) is 0 Å². The van der Waals surface area contributed by atoms with Gasteiger partial charge in [-0.25, -0.2) is 0 Å².